The van der Waals surface area contributed by atoms with Gasteiger partial charge in [0.1, 0.15) is 0 Å². The predicted molar refractivity (Wildman–Crippen MR) is 114 cm³/mol. The predicted octanol–water partition coefficient (Wildman–Crippen LogP) is 2.61. The second-order valence-corrected chi connectivity index (χ2v) is 4.82. The maximum Gasteiger partial charge on any atom is 0.302 e. The molecular formula is C20H52N2O4. The smallest absolute Gasteiger partial charge is 0.302 e. The van der Waals surface area contributed by atoms with Crippen molar-refractivity contribution in [1.82, 2.24) is 5.32 Å². The van der Waals surface area contributed by atoms with Gasteiger partial charge in [-0.25, -0.2) is 0 Å². The number of carbonyl (C=O) groups is 2. The molecule has 0 bridgehead atoms. The van der Waals surface area contributed by atoms with Crippen molar-refractivity contribution in [1.29, 1.82) is 0 Å². The molecule has 0 saturated carbocycles. The fraction of sp³-hybridized carbons (Fsp3) is 0.900. The summed E-state index contributed by atoms with van der Waals surface area (Å²) in [6, 6.07) is 0. The quantitative estimate of drug-likeness (QED) is 0.446. The molecule has 0 aromatic carbocycles. The summed E-state index contributed by atoms with van der Waals surface area (Å²) in [5, 5.41) is 15.1. The van der Waals surface area contributed by atoms with E-state index in [2.05, 4.69) is 36.3 Å². The van der Waals surface area contributed by atoms with Gasteiger partial charge in [-0.1, -0.05) is 43.6 Å². The van der Waals surface area contributed by atoms with Crippen molar-refractivity contribution in [3.63, 3.8) is 0 Å². The van der Waals surface area contributed by atoms with E-state index in [1.165, 1.54) is 26.3 Å². The third-order valence-corrected chi connectivity index (χ3v) is 2.41. The largest absolute Gasteiger partial charge is 0.550 e. The van der Waals surface area contributed by atoms with Crippen LogP contribution in [0.4, 0.5) is 0 Å². The highest BCUT2D eigenvalue weighted by Gasteiger charge is 1.93. The number of esters is 1. The van der Waals surface area contributed by atoms with E-state index in [1.54, 1.807) is 0 Å². The minimum atomic E-state index is -1.03. The zero-order valence-electron chi connectivity index (χ0n) is 15.1. The van der Waals surface area contributed by atoms with E-state index in [1.807, 2.05) is 7.05 Å². The van der Waals surface area contributed by atoms with E-state index >= 15 is 0 Å². The van der Waals surface area contributed by atoms with Gasteiger partial charge in [-0.05, 0) is 52.1 Å². The lowest BCUT2D eigenvalue weighted by molar-refractivity contribution is -0.626. The standard InChI is InChI=1S/C8H14O4.2C4H11N.4CH4/c1-7(9)12-6-4-2-3-5-8(10)11;2*1-3-4-5-2;;;;/h2-6H2,1H3,(H,10,11);2*5H,3-4H2,1-2H3;4*1H4. The van der Waals surface area contributed by atoms with Crippen molar-refractivity contribution in [2.75, 3.05) is 33.8 Å². The molecule has 0 saturated heterocycles. The summed E-state index contributed by atoms with van der Waals surface area (Å²) in [6.07, 6.45) is 4.66. The Kier molecular flexibility index (Phi) is 74.9. The van der Waals surface area contributed by atoms with E-state index in [0.717, 1.165) is 13.0 Å². The monoisotopic (exact) mass is 384 g/mol. The number of carboxylic acids is 1. The first-order valence-corrected chi connectivity index (χ1v) is 8.21. The summed E-state index contributed by atoms with van der Waals surface area (Å²) in [7, 11) is 4.05. The first kappa shape index (κ1) is 44.4. The fourth-order valence-electron chi connectivity index (χ4n) is 1.30. The molecule has 0 spiro atoms. The second kappa shape index (κ2) is 43.9. The molecular weight excluding hydrogens is 332 g/mol. The van der Waals surface area contributed by atoms with Crippen LogP contribution in [0.25, 0.3) is 0 Å². The molecule has 0 aromatic rings. The van der Waals surface area contributed by atoms with Crippen LogP contribution in [0.3, 0.4) is 0 Å². The average molecular weight is 385 g/mol. The van der Waals surface area contributed by atoms with Gasteiger partial charge in [0.2, 0.25) is 0 Å². The number of hydrogen-bond donors (Lipinski definition) is 2. The van der Waals surface area contributed by atoms with E-state index in [-0.39, 0.29) is 42.1 Å². The number of carbonyl (C=O) groups excluding carboxylic acids is 2. The molecule has 166 valence electrons. The SMILES string of the molecule is C.C.C.C.CC(=O)OCCCCCC(=O)[O-].CCCNC.CCC[NH2+]C. The summed E-state index contributed by atoms with van der Waals surface area (Å²) in [5.74, 6) is -1.32. The molecule has 0 atom stereocenters. The summed E-state index contributed by atoms with van der Waals surface area (Å²) in [5.41, 5.74) is 0. The number of hydrogen-bond acceptors (Lipinski definition) is 5. The van der Waals surface area contributed by atoms with E-state index in [0.29, 0.717) is 19.4 Å². The van der Waals surface area contributed by atoms with Crippen LogP contribution >= 0.6 is 0 Å². The van der Waals surface area contributed by atoms with Crippen molar-refractivity contribution in [2.24, 2.45) is 0 Å². The number of unbranched alkanes of at least 4 members (excludes halogenated alkanes) is 2. The van der Waals surface area contributed by atoms with Crippen LogP contribution < -0.4 is 15.7 Å². The maximum absolute atomic E-state index is 10.3. The molecule has 6 nitrogen and oxygen atoms in total. The molecule has 0 heterocycles. The Labute approximate surface area is 165 Å². The van der Waals surface area contributed by atoms with Gasteiger partial charge in [0.05, 0.1) is 20.2 Å². The van der Waals surface area contributed by atoms with E-state index < -0.39 is 5.97 Å². The zero-order valence-corrected chi connectivity index (χ0v) is 15.1. The number of quaternary nitrogens is 1. The Bertz CT molecular complexity index is 210. The Morgan fingerprint density at radius 2 is 1.54 bits per heavy atom. The lowest BCUT2D eigenvalue weighted by Crippen LogP contribution is -2.79. The van der Waals surface area contributed by atoms with Gasteiger partial charge in [-0.2, -0.15) is 0 Å². The zero-order chi connectivity index (χ0) is 17.6. The highest BCUT2D eigenvalue weighted by molar-refractivity contribution is 5.65. The Balaban J connectivity index is -0.0000000443. The van der Waals surface area contributed by atoms with E-state index in [4.69, 9.17) is 0 Å². The Morgan fingerprint density at radius 3 is 1.77 bits per heavy atom. The van der Waals surface area contributed by atoms with Crippen LogP contribution in [0.1, 0.15) is 89.0 Å². The second-order valence-electron chi connectivity index (χ2n) is 4.82. The molecule has 0 aromatic heterocycles. The first-order valence-electron chi connectivity index (χ1n) is 8.21. The van der Waals surface area contributed by atoms with Gasteiger partial charge in [0.15, 0.2) is 0 Å². The first-order chi connectivity index (χ1) is 10.5. The van der Waals surface area contributed by atoms with Crippen LogP contribution in [0.5, 0.6) is 0 Å². The third-order valence-electron chi connectivity index (χ3n) is 2.41. The van der Waals surface area contributed by atoms with Crippen LogP contribution in [-0.2, 0) is 14.3 Å². The van der Waals surface area contributed by atoms with Crippen LogP contribution in [0, 0.1) is 0 Å². The number of ether oxygens (including phenoxy) is 1. The highest BCUT2D eigenvalue weighted by atomic mass is 16.5. The lowest BCUT2D eigenvalue weighted by Gasteiger charge is -2.02. The number of nitrogens with two attached hydrogens (primary N) is 1. The van der Waals surface area contributed by atoms with Gasteiger partial charge in [-0.15, -0.1) is 0 Å². The molecule has 0 aliphatic heterocycles. The molecule has 3 N–H and O–H groups in total. The number of rotatable bonds is 10. The molecule has 0 rings (SSSR count). The van der Waals surface area contributed by atoms with Crippen molar-refractivity contribution >= 4 is 11.9 Å². The Hall–Kier alpha value is -1.14. The maximum atomic E-state index is 10.3. The molecule has 0 aliphatic carbocycles. The van der Waals surface area contributed by atoms with E-state index in [9.17, 15) is 14.7 Å². The van der Waals surface area contributed by atoms with Gasteiger partial charge >= 0.3 is 5.97 Å². The summed E-state index contributed by atoms with van der Waals surface area (Å²) < 4.78 is 4.65. The minimum absolute atomic E-state index is 0. The normalized spacial score (nSPS) is 7.58. The topological polar surface area (TPSA) is 95.1 Å². The summed E-state index contributed by atoms with van der Waals surface area (Å²) in [6.45, 7) is 8.46. The van der Waals surface area contributed by atoms with Gasteiger partial charge in [0, 0.05) is 12.9 Å². The molecule has 26 heavy (non-hydrogen) atoms. The van der Waals surface area contributed by atoms with Crippen LogP contribution in [-0.4, -0.2) is 45.7 Å². The summed E-state index contributed by atoms with van der Waals surface area (Å²) >= 11 is 0. The molecule has 0 aliphatic rings. The molecule has 0 unspecified atom stereocenters. The van der Waals surface area contributed by atoms with Crippen molar-refractivity contribution in [3.8, 4) is 0 Å². The molecule has 0 radical (unpaired) electrons. The average Bonchev–Trinajstić information content (AvgIpc) is 2.45. The number of carboxylic acid groups (broad SMARTS) is 1. The molecule has 6 heteroatoms. The molecule has 0 fully saturated rings. The van der Waals surface area contributed by atoms with Crippen molar-refractivity contribution in [2.45, 2.75) is 89.0 Å². The third kappa shape index (κ3) is 77.7. The van der Waals surface area contributed by atoms with Gasteiger partial charge in [0.25, 0.3) is 0 Å². The number of aliphatic carboxylic acids is 1. The van der Waals surface area contributed by atoms with Crippen LogP contribution in [0.2, 0.25) is 0 Å². The highest BCUT2D eigenvalue weighted by Crippen LogP contribution is 1.99. The number of nitrogens with one attached hydrogen (secondary N) is 1. The van der Waals surface area contributed by atoms with Crippen molar-refractivity contribution in [3.05, 3.63) is 0 Å². The summed E-state index contributed by atoms with van der Waals surface area (Å²) in [4.78, 5) is 20.2. The van der Waals surface area contributed by atoms with Gasteiger partial charge < -0.3 is 25.3 Å². The Morgan fingerprint density at radius 1 is 1.00 bits per heavy atom. The van der Waals surface area contributed by atoms with Gasteiger partial charge in [-0.3, -0.25) is 4.79 Å². The van der Waals surface area contributed by atoms with Crippen molar-refractivity contribution < 1.29 is 24.7 Å². The lowest BCUT2D eigenvalue weighted by atomic mass is 10.2. The minimum Gasteiger partial charge on any atom is -0.550 e. The van der Waals surface area contributed by atoms with Crippen LogP contribution in [0.15, 0.2) is 0 Å². The molecule has 0 amide bonds. The fourth-order valence-corrected chi connectivity index (χ4v) is 1.30.